The van der Waals surface area contributed by atoms with Crippen LogP contribution < -0.4 is 4.74 Å². The number of carbonyl (C=O) groups excluding carboxylic acids is 1. The second kappa shape index (κ2) is 10.3. The third-order valence-electron chi connectivity index (χ3n) is 5.91. The Balaban J connectivity index is 1.40. The Hall–Kier alpha value is -3.65. The van der Waals surface area contributed by atoms with Crippen molar-refractivity contribution >= 4 is 17.7 Å². The SMILES string of the molecule is COc1cccc(-c2nnc(SCC(=O)N(Cc3ccccc3F)C3CC3)n2-c2ccccc2)c1. The molecule has 1 heterocycles. The number of benzene rings is 3. The minimum absolute atomic E-state index is 0.0358. The van der Waals surface area contributed by atoms with Crippen molar-refractivity contribution < 1.29 is 13.9 Å². The second-order valence-electron chi connectivity index (χ2n) is 8.34. The Kier molecular flexibility index (Phi) is 6.81. The van der Waals surface area contributed by atoms with Crippen LogP contribution in [0.4, 0.5) is 4.39 Å². The van der Waals surface area contributed by atoms with E-state index in [1.54, 1.807) is 30.2 Å². The van der Waals surface area contributed by atoms with Crippen molar-refractivity contribution in [3.8, 4) is 22.8 Å². The van der Waals surface area contributed by atoms with Gasteiger partial charge in [0, 0.05) is 29.4 Å². The third kappa shape index (κ3) is 5.22. The molecule has 3 aromatic carbocycles. The summed E-state index contributed by atoms with van der Waals surface area (Å²) in [6.07, 6.45) is 1.90. The van der Waals surface area contributed by atoms with Crippen molar-refractivity contribution in [2.24, 2.45) is 0 Å². The van der Waals surface area contributed by atoms with E-state index in [1.807, 2.05) is 59.2 Å². The molecule has 35 heavy (non-hydrogen) atoms. The second-order valence-corrected chi connectivity index (χ2v) is 9.28. The summed E-state index contributed by atoms with van der Waals surface area (Å²) in [5.41, 5.74) is 2.29. The van der Waals surface area contributed by atoms with Crippen LogP contribution in [-0.2, 0) is 11.3 Å². The van der Waals surface area contributed by atoms with Gasteiger partial charge in [0.2, 0.25) is 5.91 Å². The van der Waals surface area contributed by atoms with E-state index in [9.17, 15) is 9.18 Å². The first-order valence-electron chi connectivity index (χ1n) is 11.4. The zero-order chi connectivity index (χ0) is 24.2. The fraction of sp³-hybridized carbons (Fsp3) is 0.222. The smallest absolute Gasteiger partial charge is 0.233 e. The minimum atomic E-state index is -0.287. The van der Waals surface area contributed by atoms with Gasteiger partial charge in [-0.25, -0.2) is 4.39 Å². The molecule has 1 fully saturated rings. The normalized spacial score (nSPS) is 13.0. The number of ether oxygens (including phenoxy) is 1. The molecular formula is C27H25FN4O2S. The summed E-state index contributed by atoms with van der Waals surface area (Å²) >= 11 is 1.34. The maximum atomic E-state index is 14.2. The molecule has 0 radical (unpaired) electrons. The highest BCUT2D eigenvalue weighted by molar-refractivity contribution is 7.99. The van der Waals surface area contributed by atoms with E-state index >= 15 is 0 Å². The van der Waals surface area contributed by atoms with Crippen molar-refractivity contribution in [2.45, 2.75) is 30.6 Å². The van der Waals surface area contributed by atoms with Crippen molar-refractivity contribution in [3.63, 3.8) is 0 Å². The molecule has 1 amide bonds. The third-order valence-corrected chi connectivity index (χ3v) is 6.82. The number of nitrogens with zero attached hydrogens (tertiary/aromatic N) is 4. The number of para-hydroxylation sites is 1. The largest absolute Gasteiger partial charge is 0.497 e. The Bertz CT molecular complexity index is 1320. The Morgan fingerprint density at radius 3 is 2.57 bits per heavy atom. The van der Waals surface area contributed by atoms with E-state index in [2.05, 4.69) is 10.2 Å². The summed E-state index contributed by atoms with van der Waals surface area (Å²) < 4.78 is 21.6. The van der Waals surface area contributed by atoms with E-state index in [-0.39, 0.29) is 30.1 Å². The van der Waals surface area contributed by atoms with Crippen molar-refractivity contribution in [1.29, 1.82) is 0 Å². The van der Waals surface area contributed by atoms with Gasteiger partial charge in [-0.3, -0.25) is 9.36 Å². The molecule has 0 atom stereocenters. The summed E-state index contributed by atoms with van der Waals surface area (Å²) in [5, 5.41) is 9.48. The number of thioether (sulfide) groups is 1. The zero-order valence-corrected chi connectivity index (χ0v) is 20.1. The van der Waals surface area contributed by atoms with Crippen molar-refractivity contribution in [1.82, 2.24) is 19.7 Å². The van der Waals surface area contributed by atoms with Crippen LogP contribution in [0.15, 0.2) is 84.0 Å². The molecule has 1 aliphatic carbocycles. The average molecular weight is 489 g/mol. The van der Waals surface area contributed by atoms with E-state index < -0.39 is 0 Å². The zero-order valence-electron chi connectivity index (χ0n) is 19.3. The molecule has 8 heteroatoms. The molecule has 0 aliphatic heterocycles. The van der Waals surface area contributed by atoms with Gasteiger partial charge in [-0.2, -0.15) is 0 Å². The molecule has 5 rings (SSSR count). The van der Waals surface area contributed by atoms with E-state index in [0.717, 1.165) is 29.8 Å². The van der Waals surface area contributed by atoms with Gasteiger partial charge in [-0.1, -0.05) is 60.3 Å². The Labute approximate surface area is 207 Å². The summed E-state index contributed by atoms with van der Waals surface area (Å²) in [7, 11) is 1.63. The van der Waals surface area contributed by atoms with Crippen LogP contribution in [0.1, 0.15) is 18.4 Å². The molecule has 178 valence electrons. The van der Waals surface area contributed by atoms with E-state index in [1.165, 1.54) is 17.8 Å². The lowest BCUT2D eigenvalue weighted by Crippen LogP contribution is -2.34. The quantitative estimate of drug-likeness (QED) is 0.297. The predicted molar refractivity (Wildman–Crippen MR) is 134 cm³/mol. The topological polar surface area (TPSA) is 60.3 Å². The lowest BCUT2D eigenvalue weighted by molar-refractivity contribution is -0.129. The number of hydrogen-bond acceptors (Lipinski definition) is 5. The molecule has 0 unspecified atom stereocenters. The van der Waals surface area contributed by atoms with E-state index in [0.29, 0.717) is 16.5 Å². The molecule has 0 saturated heterocycles. The van der Waals surface area contributed by atoms with Crippen LogP contribution in [0.5, 0.6) is 5.75 Å². The number of rotatable bonds is 9. The molecule has 0 N–H and O–H groups in total. The Morgan fingerprint density at radius 1 is 1.06 bits per heavy atom. The number of halogens is 1. The van der Waals surface area contributed by atoms with Gasteiger partial charge >= 0.3 is 0 Å². The lowest BCUT2D eigenvalue weighted by Gasteiger charge is -2.22. The van der Waals surface area contributed by atoms with Crippen LogP contribution in [0.2, 0.25) is 0 Å². The van der Waals surface area contributed by atoms with Crippen molar-refractivity contribution in [3.05, 3.63) is 90.2 Å². The highest BCUT2D eigenvalue weighted by Gasteiger charge is 2.33. The molecule has 1 aromatic heterocycles. The monoisotopic (exact) mass is 488 g/mol. The fourth-order valence-electron chi connectivity index (χ4n) is 3.95. The summed E-state index contributed by atoms with van der Waals surface area (Å²) in [4.78, 5) is 15.0. The number of methoxy groups -OCH3 is 1. The summed E-state index contributed by atoms with van der Waals surface area (Å²) in [6, 6.07) is 24.3. The number of aromatic nitrogens is 3. The summed E-state index contributed by atoms with van der Waals surface area (Å²) in [5.74, 6) is 1.25. The molecule has 0 bridgehead atoms. The molecule has 4 aromatic rings. The van der Waals surface area contributed by atoms with Crippen molar-refractivity contribution in [2.75, 3.05) is 12.9 Å². The van der Waals surface area contributed by atoms with Gasteiger partial charge < -0.3 is 9.64 Å². The first kappa shape index (κ1) is 23.1. The van der Waals surface area contributed by atoms with Gasteiger partial charge in [0.05, 0.1) is 12.9 Å². The average Bonchev–Trinajstić information content (AvgIpc) is 3.65. The fourth-order valence-corrected chi connectivity index (χ4v) is 4.79. The highest BCUT2D eigenvalue weighted by atomic mass is 32.2. The van der Waals surface area contributed by atoms with Crippen LogP contribution in [0.3, 0.4) is 0 Å². The molecule has 1 saturated carbocycles. The van der Waals surface area contributed by atoms with Crippen LogP contribution >= 0.6 is 11.8 Å². The first-order valence-corrected chi connectivity index (χ1v) is 12.4. The van der Waals surface area contributed by atoms with Crippen LogP contribution in [-0.4, -0.2) is 44.5 Å². The highest BCUT2D eigenvalue weighted by Crippen LogP contribution is 2.32. The maximum Gasteiger partial charge on any atom is 0.233 e. The van der Waals surface area contributed by atoms with Gasteiger partial charge in [-0.05, 0) is 43.2 Å². The van der Waals surface area contributed by atoms with Gasteiger partial charge in [0.1, 0.15) is 11.6 Å². The maximum absolute atomic E-state index is 14.2. The van der Waals surface area contributed by atoms with Gasteiger partial charge in [0.15, 0.2) is 11.0 Å². The van der Waals surface area contributed by atoms with Gasteiger partial charge in [0.25, 0.3) is 0 Å². The molecular weight excluding hydrogens is 463 g/mol. The van der Waals surface area contributed by atoms with Crippen LogP contribution in [0, 0.1) is 5.82 Å². The standard InChI is InChI=1S/C27H25FN4O2S/c1-34-23-12-7-9-19(16-23)26-29-30-27(32(26)22-10-3-2-4-11-22)35-18-25(33)31(21-14-15-21)17-20-8-5-6-13-24(20)28/h2-13,16,21H,14-15,17-18H2,1H3. The summed E-state index contributed by atoms with van der Waals surface area (Å²) in [6.45, 7) is 0.275. The lowest BCUT2D eigenvalue weighted by atomic mass is 10.2. The molecule has 6 nitrogen and oxygen atoms in total. The Morgan fingerprint density at radius 2 is 1.83 bits per heavy atom. The molecule has 1 aliphatic rings. The minimum Gasteiger partial charge on any atom is -0.497 e. The van der Waals surface area contributed by atoms with E-state index in [4.69, 9.17) is 4.74 Å². The van der Waals surface area contributed by atoms with Crippen LogP contribution in [0.25, 0.3) is 17.1 Å². The number of amides is 1. The number of hydrogen-bond donors (Lipinski definition) is 0. The predicted octanol–water partition coefficient (Wildman–Crippen LogP) is 5.37. The van der Waals surface area contributed by atoms with Gasteiger partial charge in [-0.15, -0.1) is 10.2 Å². The number of carbonyl (C=O) groups is 1. The first-order chi connectivity index (χ1) is 17.1. The molecule has 0 spiro atoms.